The normalized spacial score (nSPS) is 58.1. The summed E-state index contributed by atoms with van der Waals surface area (Å²) in [4.78, 5) is 24.8. The van der Waals surface area contributed by atoms with Gasteiger partial charge < -0.3 is 20.4 Å². The van der Waals surface area contributed by atoms with E-state index >= 15 is 0 Å². The van der Waals surface area contributed by atoms with Gasteiger partial charge in [-0.25, -0.2) is 0 Å². The molecule has 4 aliphatic rings. The third-order valence-corrected chi connectivity index (χ3v) is 9.17. The van der Waals surface area contributed by atoms with Crippen LogP contribution in [0.25, 0.3) is 0 Å². The van der Waals surface area contributed by atoms with Crippen molar-refractivity contribution in [3.63, 3.8) is 0 Å². The van der Waals surface area contributed by atoms with Gasteiger partial charge in [0.2, 0.25) is 0 Å². The second-order valence-electron chi connectivity index (χ2n) is 10.2. The molecule has 4 aliphatic carbocycles. The van der Waals surface area contributed by atoms with Gasteiger partial charge in [0.05, 0.1) is 23.0 Å². The zero-order valence-corrected chi connectivity index (χ0v) is 15.7. The van der Waals surface area contributed by atoms with Gasteiger partial charge in [-0.15, -0.1) is 0 Å². The van der Waals surface area contributed by atoms with Crippen molar-refractivity contribution >= 4 is 11.9 Å². The van der Waals surface area contributed by atoms with Crippen LogP contribution in [-0.4, -0.2) is 44.1 Å². The Hall–Kier alpha value is -1.14. The molecule has 0 unspecified atom stereocenters. The Morgan fingerprint density at radius 2 is 1.69 bits per heavy atom. The molecule has 26 heavy (non-hydrogen) atoms. The van der Waals surface area contributed by atoms with Crippen LogP contribution in [0.1, 0.15) is 59.3 Å². The zero-order chi connectivity index (χ0) is 19.3. The Labute approximate surface area is 153 Å². The van der Waals surface area contributed by atoms with Crippen molar-refractivity contribution in [1.82, 2.24) is 0 Å². The van der Waals surface area contributed by atoms with Gasteiger partial charge >= 0.3 is 11.9 Å². The summed E-state index contributed by atoms with van der Waals surface area (Å²) < 4.78 is 0. The Kier molecular flexibility index (Phi) is 3.52. The quantitative estimate of drug-likeness (QED) is 0.595. The first-order valence-corrected chi connectivity index (χ1v) is 9.78. The minimum absolute atomic E-state index is 0.0744. The highest BCUT2D eigenvalue weighted by molar-refractivity contribution is 5.80. The molecular formula is C20H30O6. The average molecular weight is 366 g/mol. The molecule has 0 aliphatic heterocycles. The Morgan fingerprint density at radius 3 is 2.27 bits per heavy atom. The van der Waals surface area contributed by atoms with Gasteiger partial charge in [0.15, 0.2) is 0 Å². The van der Waals surface area contributed by atoms with E-state index in [0.717, 1.165) is 12.8 Å². The number of carboxylic acids is 2. The van der Waals surface area contributed by atoms with Crippen LogP contribution in [0, 0.1) is 39.9 Å². The highest BCUT2D eigenvalue weighted by Crippen LogP contribution is 2.78. The summed E-state index contributed by atoms with van der Waals surface area (Å²) in [5, 5.41) is 41.9. The Bertz CT molecular complexity index is 673. The fourth-order valence-electron chi connectivity index (χ4n) is 8.24. The Morgan fingerprint density at radius 1 is 1.04 bits per heavy atom. The first kappa shape index (κ1) is 18.2. The summed E-state index contributed by atoms with van der Waals surface area (Å²) in [6.45, 7) is 5.40. The van der Waals surface area contributed by atoms with Gasteiger partial charge in [-0.3, -0.25) is 9.59 Å². The number of carbonyl (C=O) groups is 2. The molecule has 0 aromatic carbocycles. The molecule has 4 fully saturated rings. The van der Waals surface area contributed by atoms with Gasteiger partial charge in [0.1, 0.15) is 0 Å². The van der Waals surface area contributed by atoms with Crippen LogP contribution in [0.15, 0.2) is 0 Å². The van der Waals surface area contributed by atoms with E-state index in [1.165, 1.54) is 6.92 Å². The lowest BCUT2D eigenvalue weighted by atomic mass is 9.52. The van der Waals surface area contributed by atoms with E-state index in [-0.39, 0.29) is 11.8 Å². The largest absolute Gasteiger partial charge is 0.481 e. The van der Waals surface area contributed by atoms with Crippen LogP contribution < -0.4 is 0 Å². The van der Waals surface area contributed by atoms with Gasteiger partial charge in [0, 0.05) is 0 Å². The van der Waals surface area contributed by atoms with E-state index < -0.39 is 51.7 Å². The molecule has 6 heteroatoms. The van der Waals surface area contributed by atoms with Crippen molar-refractivity contribution in [2.45, 2.75) is 71.0 Å². The van der Waals surface area contributed by atoms with E-state index in [2.05, 4.69) is 0 Å². The van der Waals surface area contributed by atoms with Crippen LogP contribution in [0.4, 0.5) is 0 Å². The van der Waals surface area contributed by atoms with Gasteiger partial charge in [-0.05, 0) is 81.0 Å². The average Bonchev–Trinajstić information content (AvgIpc) is 2.88. The number of rotatable bonds is 2. The number of aliphatic hydroxyl groups is 2. The number of carboxylic acid groups (broad SMARTS) is 2. The van der Waals surface area contributed by atoms with Crippen molar-refractivity contribution < 1.29 is 30.0 Å². The number of hydrogen-bond acceptors (Lipinski definition) is 4. The number of hydrogen-bond donors (Lipinski definition) is 4. The van der Waals surface area contributed by atoms with Crippen LogP contribution >= 0.6 is 0 Å². The van der Waals surface area contributed by atoms with Crippen molar-refractivity contribution in [3.05, 3.63) is 0 Å². The predicted octanol–water partition coefficient (Wildman–Crippen LogP) is 2.13. The van der Waals surface area contributed by atoms with Crippen molar-refractivity contribution in [2.24, 2.45) is 39.9 Å². The number of aliphatic hydroxyl groups excluding tert-OH is 1. The molecule has 0 amide bonds. The van der Waals surface area contributed by atoms with Gasteiger partial charge in [0.25, 0.3) is 0 Å². The molecule has 0 saturated heterocycles. The lowest BCUT2D eigenvalue weighted by molar-refractivity contribution is -0.182. The van der Waals surface area contributed by atoms with E-state index in [1.807, 2.05) is 13.8 Å². The van der Waals surface area contributed by atoms with Crippen molar-refractivity contribution in [2.75, 3.05) is 0 Å². The third kappa shape index (κ3) is 1.85. The molecule has 4 rings (SSSR count). The summed E-state index contributed by atoms with van der Waals surface area (Å²) in [6.07, 6.45) is 2.75. The van der Waals surface area contributed by atoms with Crippen LogP contribution in [0.5, 0.6) is 0 Å². The maximum atomic E-state index is 12.5. The van der Waals surface area contributed by atoms with Gasteiger partial charge in [-0.1, -0.05) is 6.92 Å². The molecule has 6 nitrogen and oxygen atoms in total. The molecule has 1 spiro atoms. The smallest absolute Gasteiger partial charge is 0.312 e. The number of aliphatic carboxylic acids is 2. The predicted molar refractivity (Wildman–Crippen MR) is 92.2 cm³/mol. The topological polar surface area (TPSA) is 115 Å². The first-order valence-electron chi connectivity index (χ1n) is 9.78. The lowest BCUT2D eigenvalue weighted by Crippen LogP contribution is -2.57. The third-order valence-electron chi connectivity index (χ3n) is 9.17. The molecule has 0 heterocycles. The molecular weight excluding hydrogens is 336 g/mol. The van der Waals surface area contributed by atoms with Crippen molar-refractivity contribution in [3.8, 4) is 0 Å². The fourth-order valence-corrected chi connectivity index (χ4v) is 8.24. The van der Waals surface area contributed by atoms with E-state index in [4.69, 9.17) is 0 Å². The second kappa shape index (κ2) is 5.02. The molecule has 146 valence electrons. The summed E-state index contributed by atoms with van der Waals surface area (Å²) >= 11 is 0. The summed E-state index contributed by atoms with van der Waals surface area (Å²) in [5.41, 5.74) is -3.39. The summed E-state index contributed by atoms with van der Waals surface area (Å²) in [5.74, 6) is -3.40. The molecule has 0 aromatic heterocycles. The van der Waals surface area contributed by atoms with E-state index in [9.17, 15) is 30.0 Å². The Balaban J connectivity index is 1.94. The lowest BCUT2D eigenvalue weighted by Gasteiger charge is -2.52. The fraction of sp³-hybridized carbons (Fsp3) is 0.900. The maximum Gasteiger partial charge on any atom is 0.312 e. The highest BCUT2D eigenvalue weighted by Gasteiger charge is 2.78. The minimum Gasteiger partial charge on any atom is -0.481 e. The summed E-state index contributed by atoms with van der Waals surface area (Å²) in [6, 6.07) is 0. The molecule has 0 aromatic rings. The standard InChI is InChI=1S/C20H30O6/c1-17-7-6-12(21)19(3,16(24)25)14(17)13(15(22)23)20-8-10(4-5-11(17)20)18(2,26)9-20/h10-14,21,26H,4-9H2,1-3H3,(H,22,23)(H,24,25)/t10-,11+,12+,13-,14+,17+,18-,19-,20-/m1/s1. The highest BCUT2D eigenvalue weighted by atomic mass is 16.4. The molecule has 9 atom stereocenters. The van der Waals surface area contributed by atoms with E-state index in [1.54, 1.807) is 0 Å². The molecule has 4 saturated carbocycles. The molecule has 4 N–H and O–H groups in total. The first-order chi connectivity index (χ1) is 11.9. The SMILES string of the molecule is C[C@@]12CC[C@H](O)[C@@](C)(C(=O)O)[C@H]1[C@H](C(=O)O)[C@@]13C[C@@H](CC[C@@H]21)[C@](C)(O)C3. The van der Waals surface area contributed by atoms with Gasteiger partial charge in [-0.2, -0.15) is 0 Å². The number of fused-ring (bicyclic) bond motifs is 3. The van der Waals surface area contributed by atoms with Crippen LogP contribution in [0.3, 0.4) is 0 Å². The van der Waals surface area contributed by atoms with Crippen LogP contribution in [-0.2, 0) is 9.59 Å². The van der Waals surface area contributed by atoms with Crippen molar-refractivity contribution in [1.29, 1.82) is 0 Å². The molecule has 2 bridgehead atoms. The monoisotopic (exact) mass is 366 g/mol. The van der Waals surface area contributed by atoms with E-state index in [0.29, 0.717) is 25.7 Å². The van der Waals surface area contributed by atoms with Crippen LogP contribution in [0.2, 0.25) is 0 Å². The molecule has 0 radical (unpaired) electrons. The minimum atomic E-state index is -1.48. The summed E-state index contributed by atoms with van der Waals surface area (Å²) in [7, 11) is 0. The zero-order valence-electron chi connectivity index (χ0n) is 15.7. The maximum absolute atomic E-state index is 12.5. The second-order valence-corrected chi connectivity index (χ2v) is 10.2.